The van der Waals surface area contributed by atoms with Gasteiger partial charge in [-0.05, 0) is 20.4 Å². The number of carbonyl (C=O) groups excluding carboxylic acids is 1. The molecule has 0 fully saturated rings. The number of hydrogen-bond donors (Lipinski definition) is 1. The summed E-state index contributed by atoms with van der Waals surface area (Å²) >= 11 is 0. The van der Waals surface area contributed by atoms with Gasteiger partial charge in [-0.25, -0.2) is 0 Å². The van der Waals surface area contributed by atoms with Crippen LogP contribution < -0.4 is 0 Å². The molecule has 0 bridgehead atoms. The molecule has 0 aliphatic rings. The highest BCUT2D eigenvalue weighted by atomic mass is 16.2. The van der Waals surface area contributed by atoms with Crippen LogP contribution in [-0.2, 0) is 4.79 Å². The highest BCUT2D eigenvalue weighted by Crippen LogP contribution is 2.04. The number of nitrogens with zero attached hydrogens (tertiary/aromatic N) is 1. The van der Waals surface area contributed by atoms with E-state index in [0.29, 0.717) is 11.9 Å². The molecule has 0 saturated heterocycles. The molecule has 0 atom stereocenters. The molecule has 0 aliphatic heterocycles. The summed E-state index contributed by atoms with van der Waals surface area (Å²) in [7, 11) is 0.760. The monoisotopic (exact) mass is 195 g/mol. The van der Waals surface area contributed by atoms with Crippen LogP contribution in [0.15, 0.2) is 24.2 Å². The van der Waals surface area contributed by atoms with Crippen molar-refractivity contribution >= 4 is 13.0 Å². The van der Waals surface area contributed by atoms with E-state index in [1.807, 2.05) is 6.92 Å². The lowest BCUT2D eigenvalue weighted by molar-refractivity contribution is -0.126. The van der Waals surface area contributed by atoms with Crippen LogP contribution in [0.5, 0.6) is 0 Å². The van der Waals surface area contributed by atoms with Gasteiger partial charge >= 0.3 is 7.05 Å². The number of amides is 1. The minimum absolute atomic E-state index is 0.0446. The lowest BCUT2D eigenvalue weighted by Crippen LogP contribution is -2.41. The molecule has 0 aliphatic carbocycles. The summed E-state index contributed by atoms with van der Waals surface area (Å²) in [5.74, 6) is -0.0446. The number of rotatable bonds is 5. The average Bonchev–Trinajstić information content (AvgIpc) is 2.16. The molecule has 0 unspecified atom stereocenters. The lowest BCUT2D eigenvalue weighted by Gasteiger charge is -2.20. The summed E-state index contributed by atoms with van der Waals surface area (Å²) in [5.41, 5.74) is 0.715. The van der Waals surface area contributed by atoms with Crippen molar-refractivity contribution in [3.63, 3.8) is 0 Å². The SMILES string of the molecule is C=C/C=C(\C)B(O)N(C)C(=O)CCC. The molecular formula is C10H18BNO2. The fourth-order valence-corrected chi connectivity index (χ4v) is 1.10. The molecule has 1 amide bonds. The van der Waals surface area contributed by atoms with Crippen LogP contribution in [0.1, 0.15) is 26.7 Å². The van der Waals surface area contributed by atoms with Gasteiger partial charge in [0.15, 0.2) is 0 Å². The summed E-state index contributed by atoms with van der Waals surface area (Å²) in [4.78, 5) is 12.8. The van der Waals surface area contributed by atoms with Crippen LogP contribution in [0.4, 0.5) is 0 Å². The largest absolute Gasteiger partial charge is 0.446 e. The third-order valence-corrected chi connectivity index (χ3v) is 2.01. The molecule has 4 heteroatoms. The molecule has 0 heterocycles. The van der Waals surface area contributed by atoms with Crippen molar-refractivity contribution in [1.82, 2.24) is 4.81 Å². The van der Waals surface area contributed by atoms with E-state index in [2.05, 4.69) is 6.58 Å². The quantitative estimate of drug-likeness (QED) is 0.532. The molecule has 3 nitrogen and oxygen atoms in total. The first-order valence-electron chi connectivity index (χ1n) is 4.77. The molecule has 0 rings (SSSR count). The predicted octanol–water partition coefficient (Wildman–Crippen LogP) is 1.40. The lowest BCUT2D eigenvalue weighted by atomic mass is 9.72. The first-order chi connectivity index (χ1) is 6.54. The zero-order valence-electron chi connectivity index (χ0n) is 9.16. The Bertz CT molecular complexity index is 238. The molecule has 0 saturated carbocycles. The summed E-state index contributed by atoms with van der Waals surface area (Å²) < 4.78 is 0. The van der Waals surface area contributed by atoms with Gasteiger partial charge in [0, 0.05) is 6.42 Å². The minimum Gasteiger partial charge on any atom is -0.429 e. The second-order valence-corrected chi connectivity index (χ2v) is 3.27. The van der Waals surface area contributed by atoms with Crippen LogP contribution >= 0.6 is 0 Å². The number of carbonyl (C=O) groups is 1. The Morgan fingerprint density at radius 2 is 2.21 bits per heavy atom. The molecule has 0 aromatic carbocycles. The maximum atomic E-state index is 11.4. The summed E-state index contributed by atoms with van der Waals surface area (Å²) in [5, 5.41) is 9.70. The number of allylic oxidation sites excluding steroid dienone is 3. The Labute approximate surface area is 86.2 Å². The van der Waals surface area contributed by atoms with E-state index < -0.39 is 7.05 Å². The standard InChI is InChI=1S/C10H18BNO2/c1-5-7-9(3)11(14)12(4)10(13)8-6-2/h5,7,14H,1,6,8H2,2-4H3/b9-7+. The van der Waals surface area contributed by atoms with Gasteiger partial charge in [-0.2, -0.15) is 0 Å². The second-order valence-electron chi connectivity index (χ2n) is 3.27. The molecule has 0 aromatic heterocycles. The second kappa shape index (κ2) is 6.43. The summed E-state index contributed by atoms with van der Waals surface area (Å²) in [6.07, 6.45) is 4.55. The first-order valence-corrected chi connectivity index (χ1v) is 4.77. The fourth-order valence-electron chi connectivity index (χ4n) is 1.10. The van der Waals surface area contributed by atoms with Gasteiger partial charge in [0.2, 0.25) is 5.91 Å². The third kappa shape index (κ3) is 3.79. The Balaban J connectivity index is 4.37. The van der Waals surface area contributed by atoms with Crippen LogP contribution in [0, 0.1) is 0 Å². The fraction of sp³-hybridized carbons (Fsp3) is 0.500. The van der Waals surface area contributed by atoms with Crippen LogP contribution in [0.3, 0.4) is 0 Å². The van der Waals surface area contributed by atoms with E-state index in [1.165, 1.54) is 4.81 Å². The van der Waals surface area contributed by atoms with Gasteiger partial charge in [0.1, 0.15) is 0 Å². The summed E-state index contributed by atoms with van der Waals surface area (Å²) in [6, 6.07) is 0. The van der Waals surface area contributed by atoms with Crippen molar-refractivity contribution in [3.8, 4) is 0 Å². The zero-order chi connectivity index (χ0) is 11.1. The van der Waals surface area contributed by atoms with Crippen LogP contribution in [0.25, 0.3) is 0 Å². The van der Waals surface area contributed by atoms with Crippen LogP contribution in [-0.4, -0.2) is 29.8 Å². The third-order valence-electron chi connectivity index (χ3n) is 2.01. The molecule has 0 aromatic rings. The molecule has 1 N–H and O–H groups in total. The van der Waals surface area contributed by atoms with E-state index in [9.17, 15) is 9.82 Å². The minimum atomic E-state index is -0.841. The Hall–Kier alpha value is -1.03. The Morgan fingerprint density at radius 1 is 1.64 bits per heavy atom. The van der Waals surface area contributed by atoms with Crippen molar-refractivity contribution < 1.29 is 9.82 Å². The van der Waals surface area contributed by atoms with E-state index in [0.717, 1.165) is 6.42 Å². The van der Waals surface area contributed by atoms with E-state index >= 15 is 0 Å². The van der Waals surface area contributed by atoms with Gasteiger partial charge < -0.3 is 9.83 Å². The maximum absolute atomic E-state index is 11.4. The zero-order valence-corrected chi connectivity index (χ0v) is 9.16. The molecule has 14 heavy (non-hydrogen) atoms. The van der Waals surface area contributed by atoms with Crippen molar-refractivity contribution in [2.24, 2.45) is 0 Å². The maximum Gasteiger partial charge on any atom is 0.446 e. The first kappa shape index (κ1) is 13.0. The molecule has 0 spiro atoms. The number of hydrogen-bond acceptors (Lipinski definition) is 2. The molecular weight excluding hydrogens is 177 g/mol. The summed E-state index contributed by atoms with van der Waals surface area (Å²) in [6.45, 7) is 7.23. The van der Waals surface area contributed by atoms with Crippen LogP contribution in [0.2, 0.25) is 0 Å². The highest BCUT2D eigenvalue weighted by Gasteiger charge is 2.23. The van der Waals surface area contributed by atoms with Crippen molar-refractivity contribution in [3.05, 3.63) is 24.2 Å². The normalized spacial score (nSPS) is 11.0. The highest BCUT2D eigenvalue weighted by molar-refractivity contribution is 6.58. The smallest absolute Gasteiger partial charge is 0.429 e. The topological polar surface area (TPSA) is 40.5 Å². The van der Waals surface area contributed by atoms with Gasteiger partial charge in [0.05, 0.1) is 0 Å². The van der Waals surface area contributed by atoms with E-state index in [4.69, 9.17) is 0 Å². The van der Waals surface area contributed by atoms with E-state index in [-0.39, 0.29) is 5.91 Å². The average molecular weight is 195 g/mol. The van der Waals surface area contributed by atoms with Gasteiger partial charge in [-0.15, -0.1) is 0 Å². The van der Waals surface area contributed by atoms with Gasteiger partial charge in [-0.1, -0.05) is 31.1 Å². The van der Waals surface area contributed by atoms with Crippen molar-refractivity contribution in [1.29, 1.82) is 0 Å². The Kier molecular flexibility index (Phi) is 5.96. The van der Waals surface area contributed by atoms with Gasteiger partial charge in [0.25, 0.3) is 0 Å². The van der Waals surface area contributed by atoms with Crippen molar-refractivity contribution in [2.75, 3.05) is 7.05 Å². The Morgan fingerprint density at radius 3 is 2.64 bits per heavy atom. The van der Waals surface area contributed by atoms with E-state index in [1.54, 1.807) is 26.1 Å². The predicted molar refractivity (Wildman–Crippen MR) is 59.6 cm³/mol. The van der Waals surface area contributed by atoms with Crippen molar-refractivity contribution in [2.45, 2.75) is 26.7 Å². The van der Waals surface area contributed by atoms with Gasteiger partial charge in [-0.3, -0.25) is 4.79 Å². The molecule has 0 radical (unpaired) electrons. The molecule has 78 valence electrons.